The van der Waals surface area contributed by atoms with Gasteiger partial charge >= 0.3 is 0 Å². The predicted octanol–water partition coefficient (Wildman–Crippen LogP) is 2.49. The maximum atomic E-state index is 10.2. The molecule has 32 heavy (non-hydrogen) atoms. The Kier molecular flexibility index (Phi) is 25.2. The van der Waals surface area contributed by atoms with E-state index in [2.05, 4.69) is 13.8 Å². The second-order valence-corrected chi connectivity index (χ2v) is 9.13. The first kappa shape index (κ1) is 33.8. The minimum absolute atomic E-state index is 0.0958. The van der Waals surface area contributed by atoms with E-state index in [1.807, 2.05) is 13.8 Å². The summed E-state index contributed by atoms with van der Waals surface area (Å²) in [5.74, 6) is -0.779. The average Bonchev–Trinajstić information content (AvgIpc) is 3.56. The summed E-state index contributed by atoms with van der Waals surface area (Å²) in [6.45, 7) is 12.5. The summed E-state index contributed by atoms with van der Waals surface area (Å²) in [5.41, 5.74) is 0. The minimum atomic E-state index is -4.35. The molecule has 0 aromatic rings. The molecular weight excluding hydrogens is 440 g/mol. The Balaban J connectivity index is 0. The molecule has 0 aromatic carbocycles. The summed E-state index contributed by atoms with van der Waals surface area (Å²) < 4.78 is 50.8. The first-order valence-corrected chi connectivity index (χ1v) is 13.4. The lowest BCUT2D eigenvalue weighted by Crippen LogP contribution is -2.25. The van der Waals surface area contributed by atoms with E-state index in [4.69, 9.17) is 29.2 Å². The Bertz CT molecular complexity index is 470. The van der Waals surface area contributed by atoms with Gasteiger partial charge in [0.15, 0.2) is 0 Å². The van der Waals surface area contributed by atoms with Gasteiger partial charge in [0.1, 0.15) is 6.10 Å². The zero-order chi connectivity index (χ0) is 24.7. The molecule has 0 saturated carbocycles. The number of unbranched alkanes of at least 4 members (excludes halogenated alkanes) is 3. The van der Waals surface area contributed by atoms with Crippen molar-refractivity contribution in [1.29, 1.82) is 0 Å². The zero-order valence-electron chi connectivity index (χ0n) is 20.5. The third kappa shape index (κ3) is 31.9. The van der Waals surface area contributed by atoms with Crippen LogP contribution in [0.2, 0.25) is 0 Å². The SMILES string of the molecule is CCCCOCC(O)CC.CCCCOCC(O)CS(=O)(=O)[O-].CCCCOCC1CO1. The van der Waals surface area contributed by atoms with Crippen LogP contribution in [0, 0.1) is 0 Å². The third-order valence-corrected chi connectivity index (χ3v) is 4.91. The maximum Gasteiger partial charge on any atom is 0.104 e. The molecular formula is C22H47O9S-. The summed E-state index contributed by atoms with van der Waals surface area (Å²) in [7, 11) is -4.35. The van der Waals surface area contributed by atoms with E-state index < -0.39 is 22.0 Å². The molecule has 3 atom stereocenters. The maximum absolute atomic E-state index is 10.2. The van der Waals surface area contributed by atoms with Crippen molar-refractivity contribution in [1.82, 2.24) is 0 Å². The summed E-state index contributed by atoms with van der Waals surface area (Å²) >= 11 is 0. The molecule has 0 aromatic heterocycles. The largest absolute Gasteiger partial charge is 0.748 e. The Labute approximate surface area is 195 Å². The molecule has 0 bridgehead atoms. The van der Waals surface area contributed by atoms with Gasteiger partial charge < -0.3 is 33.7 Å². The first-order valence-electron chi connectivity index (χ1n) is 11.8. The van der Waals surface area contributed by atoms with Crippen molar-refractivity contribution >= 4 is 10.1 Å². The van der Waals surface area contributed by atoms with Crippen molar-refractivity contribution in [3.8, 4) is 0 Å². The number of hydrogen-bond donors (Lipinski definition) is 2. The molecule has 3 unspecified atom stereocenters. The van der Waals surface area contributed by atoms with E-state index in [0.717, 1.165) is 58.5 Å². The van der Waals surface area contributed by atoms with Crippen LogP contribution in [0.5, 0.6) is 0 Å². The Morgan fingerprint density at radius 3 is 1.69 bits per heavy atom. The molecule has 10 heteroatoms. The molecule has 1 aliphatic heterocycles. The van der Waals surface area contributed by atoms with Crippen molar-refractivity contribution in [2.24, 2.45) is 0 Å². The van der Waals surface area contributed by atoms with E-state index in [9.17, 15) is 13.0 Å². The summed E-state index contributed by atoms with van der Waals surface area (Å²) in [6, 6.07) is 0. The fourth-order valence-electron chi connectivity index (χ4n) is 1.96. The molecule has 1 fully saturated rings. The monoisotopic (exact) mass is 487 g/mol. The number of aliphatic hydroxyl groups excluding tert-OH is 2. The first-order chi connectivity index (χ1) is 15.2. The normalized spacial score (nSPS) is 16.9. The van der Waals surface area contributed by atoms with Crippen LogP contribution in [0.3, 0.4) is 0 Å². The van der Waals surface area contributed by atoms with Crippen molar-refractivity contribution in [2.75, 3.05) is 52.0 Å². The van der Waals surface area contributed by atoms with E-state index in [-0.39, 0.29) is 12.7 Å². The average molecular weight is 488 g/mol. The number of epoxide rings is 1. The summed E-state index contributed by atoms with van der Waals surface area (Å²) in [5, 5.41) is 18.0. The predicted molar refractivity (Wildman–Crippen MR) is 124 cm³/mol. The fraction of sp³-hybridized carbons (Fsp3) is 1.00. The van der Waals surface area contributed by atoms with Gasteiger partial charge in [-0.05, 0) is 25.7 Å². The van der Waals surface area contributed by atoms with Gasteiger partial charge in [-0.1, -0.05) is 47.0 Å². The van der Waals surface area contributed by atoms with E-state index in [0.29, 0.717) is 19.3 Å². The van der Waals surface area contributed by atoms with Crippen LogP contribution < -0.4 is 0 Å². The molecule has 9 nitrogen and oxygen atoms in total. The Hall–Kier alpha value is -0.330. The standard InChI is InChI=1S/C8H18O2.C7H16O5S.C7H14O2/c1-3-5-6-10-7-8(9)4-2;1-2-3-4-12-5-7(8)6-13(9,10)11;1-2-3-4-8-5-7-6-9-7/h8-9H,3-7H2,1-2H3;7-8H,2-6H2,1H3,(H,9,10,11);7H,2-6H2,1H3/p-1. The van der Waals surface area contributed by atoms with Gasteiger partial charge in [0, 0.05) is 19.8 Å². The lowest BCUT2D eigenvalue weighted by Gasteiger charge is -2.13. The Morgan fingerprint density at radius 1 is 0.875 bits per heavy atom. The molecule has 1 rings (SSSR count). The molecule has 0 radical (unpaired) electrons. The van der Waals surface area contributed by atoms with Crippen LogP contribution >= 0.6 is 0 Å². The molecule has 196 valence electrons. The van der Waals surface area contributed by atoms with Gasteiger partial charge in [0.05, 0.1) is 54.5 Å². The minimum Gasteiger partial charge on any atom is -0.748 e. The number of hydrogen-bond acceptors (Lipinski definition) is 9. The quantitative estimate of drug-likeness (QED) is 0.170. The van der Waals surface area contributed by atoms with Gasteiger partial charge in [-0.3, -0.25) is 0 Å². The number of rotatable bonds is 18. The van der Waals surface area contributed by atoms with Crippen LogP contribution in [0.25, 0.3) is 0 Å². The van der Waals surface area contributed by atoms with Crippen LogP contribution in [0.15, 0.2) is 0 Å². The zero-order valence-corrected chi connectivity index (χ0v) is 21.3. The molecule has 1 saturated heterocycles. The van der Waals surface area contributed by atoms with Crippen LogP contribution in [-0.2, 0) is 29.1 Å². The topological polar surface area (TPSA) is 138 Å². The van der Waals surface area contributed by atoms with E-state index in [1.54, 1.807) is 0 Å². The van der Waals surface area contributed by atoms with Crippen LogP contribution in [0.1, 0.15) is 72.6 Å². The highest BCUT2D eigenvalue weighted by atomic mass is 32.2. The second kappa shape index (κ2) is 23.8. The lowest BCUT2D eigenvalue weighted by atomic mass is 10.3. The fourth-order valence-corrected chi connectivity index (χ4v) is 2.53. The summed E-state index contributed by atoms with van der Waals surface area (Å²) in [4.78, 5) is 0. The lowest BCUT2D eigenvalue weighted by molar-refractivity contribution is 0.0340. The molecule has 0 aliphatic carbocycles. The van der Waals surface area contributed by atoms with Crippen LogP contribution in [0.4, 0.5) is 0 Å². The van der Waals surface area contributed by atoms with Crippen molar-refractivity contribution in [3.63, 3.8) is 0 Å². The van der Waals surface area contributed by atoms with Crippen molar-refractivity contribution in [3.05, 3.63) is 0 Å². The highest BCUT2D eigenvalue weighted by molar-refractivity contribution is 7.85. The molecule has 0 amide bonds. The highest BCUT2D eigenvalue weighted by Gasteiger charge is 2.21. The van der Waals surface area contributed by atoms with Crippen molar-refractivity contribution in [2.45, 2.75) is 91.0 Å². The molecule has 2 N–H and O–H groups in total. The third-order valence-electron chi connectivity index (χ3n) is 4.12. The smallest absolute Gasteiger partial charge is 0.104 e. The molecule has 0 spiro atoms. The Morgan fingerprint density at radius 2 is 1.31 bits per heavy atom. The van der Waals surface area contributed by atoms with Gasteiger partial charge in [-0.2, -0.15) is 0 Å². The highest BCUT2D eigenvalue weighted by Crippen LogP contribution is 2.08. The van der Waals surface area contributed by atoms with Gasteiger partial charge in [0.25, 0.3) is 0 Å². The van der Waals surface area contributed by atoms with E-state index >= 15 is 0 Å². The van der Waals surface area contributed by atoms with Crippen molar-refractivity contribution < 1.29 is 42.1 Å². The molecule has 1 heterocycles. The van der Waals surface area contributed by atoms with Crippen LogP contribution in [-0.4, -0.2) is 93.5 Å². The number of aliphatic hydroxyl groups is 2. The second-order valence-electron chi connectivity index (χ2n) is 7.68. The van der Waals surface area contributed by atoms with E-state index in [1.165, 1.54) is 12.8 Å². The number of ether oxygens (including phenoxy) is 4. The molecule has 1 aliphatic rings. The van der Waals surface area contributed by atoms with Gasteiger partial charge in [-0.25, -0.2) is 8.42 Å². The van der Waals surface area contributed by atoms with Gasteiger partial charge in [0.2, 0.25) is 0 Å². The summed E-state index contributed by atoms with van der Waals surface area (Å²) in [6.07, 6.45) is 6.20. The van der Waals surface area contributed by atoms with Gasteiger partial charge in [-0.15, -0.1) is 0 Å².